The Bertz CT molecular complexity index is 1220. The molecule has 0 aliphatic rings. The number of guanidine groups is 1. The zero-order chi connectivity index (χ0) is 21.1. The molecule has 0 bridgehead atoms. The molecule has 4 aromatic rings. The number of nitrogens with one attached hydrogen (secondary N) is 2. The van der Waals surface area contributed by atoms with Crippen LogP contribution in [0.5, 0.6) is 0 Å². The second-order valence-electron chi connectivity index (χ2n) is 7.14. The average molecular weight is 416 g/mol. The van der Waals surface area contributed by atoms with Crippen molar-refractivity contribution in [1.82, 2.24) is 9.99 Å². The van der Waals surface area contributed by atoms with Crippen LogP contribution in [-0.2, 0) is 6.54 Å². The topological polar surface area (TPSA) is 79.2 Å². The fourth-order valence-corrected chi connectivity index (χ4v) is 3.71. The lowest BCUT2D eigenvalue weighted by Gasteiger charge is -2.13. The quantitative estimate of drug-likeness (QED) is 0.240. The molecule has 0 saturated carbocycles. The van der Waals surface area contributed by atoms with E-state index in [-0.39, 0.29) is 5.96 Å². The van der Waals surface area contributed by atoms with Crippen LogP contribution in [0.2, 0.25) is 5.02 Å². The lowest BCUT2D eigenvalue weighted by atomic mass is 10.1. The number of aryl methyl sites for hydroxylation is 1. The summed E-state index contributed by atoms with van der Waals surface area (Å²) >= 11 is 6.14. The van der Waals surface area contributed by atoms with Gasteiger partial charge in [-0.25, -0.2) is 5.43 Å². The second-order valence-corrected chi connectivity index (χ2v) is 7.58. The van der Waals surface area contributed by atoms with E-state index in [2.05, 4.69) is 58.4 Å². The fourth-order valence-electron chi connectivity index (χ4n) is 3.59. The van der Waals surface area contributed by atoms with Crippen LogP contribution in [0.25, 0.3) is 22.2 Å². The molecular weight excluding hydrogens is 394 g/mol. The van der Waals surface area contributed by atoms with E-state index in [1.54, 1.807) is 6.21 Å². The zero-order valence-corrected chi connectivity index (χ0v) is 17.3. The van der Waals surface area contributed by atoms with Gasteiger partial charge in [-0.05, 0) is 36.2 Å². The number of hydrogen-bond donors (Lipinski definition) is 3. The second kappa shape index (κ2) is 8.43. The van der Waals surface area contributed by atoms with E-state index in [9.17, 15) is 0 Å². The van der Waals surface area contributed by atoms with Crippen LogP contribution < -0.4 is 11.2 Å². The van der Waals surface area contributed by atoms with E-state index in [1.807, 2.05) is 36.4 Å². The molecule has 0 amide bonds. The van der Waals surface area contributed by atoms with Gasteiger partial charge in [0.25, 0.3) is 0 Å². The lowest BCUT2D eigenvalue weighted by molar-refractivity contribution is 0.844. The minimum atomic E-state index is -0.206. The number of fused-ring (bicyclic) bond motifs is 1. The zero-order valence-electron chi connectivity index (χ0n) is 16.6. The van der Waals surface area contributed by atoms with Gasteiger partial charge in [-0.15, -0.1) is 0 Å². The number of halogens is 1. The molecule has 4 rings (SSSR count). The Kier molecular flexibility index (Phi) is 5.55. The van der Waals surface area contributed by atoms with Crippen LogP contribution in [0.3, 0.4) is 0 Å². The molecule has 0 aliphatic carbocycles. The molecule has 6 heteroatoms. The summed E-state index contributed by atoms with van der Waals surface area (Å²) in [6.45, 7) is 2.80. The van der Waals surface area contributed by atoms with Crippen LogP contribution in [0.4, 0.5) is 0 Å². The summed E-state index contributed by atoms with van der Waals surface area (Å²) in [5.41, 5.74) is 14.5. The number of nitrogens with two attached hydrogens (primary N) is 1. The predicted molar refractivity (Wildman–Crippen MR) is 125 cm³/mol. The summed E-state index contributed by atoms with van der Waals surface area (Å²) in [6, 6.07) is 24.6. The molecular formula is C24H22ClN5. The van der Waals surface area contributed by atoms with Gasteiger partial charge in [0.1, 0.15) is 0 Å². The van der Waals surface area contributed by atoms with E-state index in [1.165, 1.54) is 11.1 Å². The number of nitrogens with zero attached hydrogens (tertiary/aromatic N) is 2. The first-order valence-corrected chi connectivity index (χ1v) is 9.96. The van der Waals surface area contributed by atoms with Gasteiger partial charge in [0.15, 0.2) is 0 Å². The molecule has 150 valence electrons. The number of rotatable bonds is 5. The van der Waals surface area contributed by atoms with Gasteiger partial charge in [-0.2, -0.15) is 5.10 Å². The Hall–Kier alpha value is -3.57. The van der Waals surface area contributed by atoms with Crippen molar-refractivity contribution in [2.24, 2.45) is 10.8 Å². The van der Waals surface area contributed by atoms with Gasteiger partial charge >= 0.3 is 0 Å². The minimum absolute atomic E-state index is 0.206. The summed E-state index contributed by atoms with van der Waals surface area (Å²) in [4.78, 5) is 0. The summed E-state index contributed by atoms with van der Waals surface area (Å²) in [5.74, 6) is -0.206. The van der Waals surface area contributed by atoms with Crippen LogP contribution >= 0.6 is 11.6 Å². The maximum atomic E-state index is 7.37. The number of hydrogen-bond acceptors (Lipinski definition) is 2. The van der Waals surface area contributed by atoms with Gasteiger partial charge in [0.2, 0.25) is 5.96 Å². The van der Waals surface area contributed by atoms with E-state index in [4.69, 9.17) is 22.7 Å². The van der Waals surface area contributed by atoms with Crippen molar-refractivity contribution in [2.75, 3.05) is 0 Å². The molecule has 1 heterocycles. The highest BCUT2D eigenvalue weighted by Crippen LogP contribution is 2.34. The number of hydrazone groups is 1. The van der Waals surface area contributed by atoms with Crippen molar-refractivity contribution >= 4 is 34.7 Å². The highest BCUT2D eigenvalue weighted by atomic mass is 35.5. The molecule has 4 N–H and O–H groups in total. The summed E-state index contributed by atoms with van der Waals surface area (Å²) < 4.78 is 2.29. The van der Waals surface area contributed by atoms with Crippen molar-refractivity contribution in [3.63, 3.8) is 0 Å². The van der Waals surface area contributed by atoms with E-state index < -0.39 is 0 Å². The van der Waals surface area contributed by atoms with Crippen molar-refractivity contribution in [3.8, 4) is 11.3 Å². The van der Waals surface area contributed by atoms with Crippen molar-refractivity contribution in [2.45, 2.75) is 13.5 Å². The van der Waals surface area contributed by atoms with E-state index >= 15 is 0 Å². The Morgan fingerprint density at radius 1 is 1.07 bits per heavy atom. The molecule has 3 aromatic carbocycles. The highest BCUT2D eigenvalue weighted by molar-refractivity contribution is 6.30. The van der Waals surface area contributed by atoms with Gasteiger partial charge in [0, 0.05) is 28.0 Å². The van der Waals surface area contributed by atoms with Crippen LogP contribution in [0, 0.1) is 12.3 Å². The lowest BCUT2D eigenvalue weighted by Crippen LogP contribution is -2.25. The third-order valence-electron chi connectivity index (χ3n) is 4.97. The molecule has 1 aromatic heterocycles. The molecule has 0 unspecified atom stereocenters. The summed E-state index contributed by atoms with van der Waals surface area (Å²) in [6.07, 6.45) is 1.72. The molecule has 0 aliphatic heterocycles. The molecule has 5 nitrogen and oxygen atoms in total. The Morgan fingerprint density at radius 2 is 1.77 bits per heavy atom. The van der Waals surface area contributed by atoms with Crippen LogP contribution in [0.15, 0.2) is 77.9 Å². The molecule has 0 fully saturated rings. The monoisotopic (exact) mass is 415 g/mol. The Morgan fingerprint density at radius 3 is 2.47 bits per heavy atom. The summed E-state index contributed by atoms with van der Waals surface area (Å²) in [5, 5.41) is 13.3. The van der Waals surface area contributed by atoms with Crippen LogP contribution in [-0.4, -0.2) is 16.7 Å². The molecule has 0 radical (unpaired) electrons. The normalized spacial score (nSPS) is 11.3. The smallest absolute Gasteiger partial charge is 0.206 e. The van der Waals surface area contributed by atoms with Gasteiger partial charge in [0.05, 0.1) is 11.9 Å². The molecule has 0 atom stereocenters. The van der Waals surface area contributed by atoms with Gasteiger partial charge < -0.3 is 10.3 Å². The van der Waals surface area contributed by atoms with Crippen molar-refractivity contribution < 1.29 is 0 Å². The van der Waals surface area contributed by atoms with E-state index in [0.29, 0.717) is 11.6 Å². The number of benzene rings is 3. The molecule has 0 saturated heterocycles. The Labute approximate surface area is 180 Å². The van der Waals surface area contributed by atoms with Gasteiger partial charge in [-0.3, -0.25) is 5.41 Å². The predicted octanol–water partition coefficient (Wildman–Crippen LogP) is 5.14. The standard InChI is InChI=1S/C24H22ClN5/c1-16-6-8-17(9-7-16)15-30-22-5-3-2-4-20(22)21(14-28-29-24(26)27)23(30)18-10-12-19(25)13-11-18/h2-14H,15H2,1H3,(H4,26,27,29)/b28-14+. The van der Waals surface area contributed by atoms with E-state index in [0.717, 1.165) is 27.7 Å². The number of para-hydroxylation sites is 1. The maximum Gasteiger partial charge on any atom is 0.206 e. The molecule has 30 heavy (non-hydrogen) atoms. The largest absolute Gasteiger partial charge is 0.369 e. The number of aromatic nitrogens is 1. The first-order valence-electron chi connectivity index (χ1n) is 9.59. The minimum Gasteiger partial charge on any atom is -0.369 e. The molecule has 0 spiro atoms. The van der Waals surface area contributed by atoms with Crippen molar-refractivity contribution in [1.29, 1.82) is 5.41 Å². The highest BCUT2D eigenvalue weighted by Gasteiger charge is 2.18. The summed E-state index contributed by atoms with van der Waals surface area (Å²) in [7, 11) is 0. The van der Waals surface area contributed by atoms with Gasteiger partial charge in [-0.1, -0.05) is 71.8 Å². The third-order valence-corrected chi connectivity index (χ3v) is 5.22. The Balaban J connectivity index is 1.94. The van der Waals surface area contributed by atoms with Crippen LogP contribution in [0.1, 0.15) is 16.7 Å². The fraction of sp³-hybridized carbons (Fsp3) is 0.0833. The first-order chi connectivity index (χ1) is 14.5. The van der Waals surface area contributed by atoms with Crippen molar-refractivity contribution in [3.05, 3.63) is 94.5 Å². The first kappa shape index (κ1) is 19.7. The third kappa shape index (κ3) is 4.07. The maximum absolute atomic E-state index is 7.37. The SMILES string of the molecule is Cc1ccc(Cn2c(-c3ccc(Cl)cc3)c(/C=N/NC(=N)N)c3ccccc32)cc1. The average Bonchev–Trinajstić information content (AvgIpc) is 3.04.